The predicted octanol–water partition coefficient (Wildman–Crippen LogP) is 3.28. The molecule has 1 fully saturated rings. The summed E-state index contributed by atoms with van der Waals surface area (Å²) < 4.78 is 0. The number of hydrogen-bond donors (Lipinski definition) is 0. The lowest BCUT2D eigenvalue weighted by molar-refractivity contribution is 0.312. The van der Waals surface area contributed by atoms with Crippen LogP contribution in [0.2, 0.25) is 0 Å². The first-order valence-corrected chi connectivity index (χ1v) is 7.78. The second-order valence-corrected chi connectivity index (χ2v) is 7.11. The van der Waals surface area contributed by atoms with E-state index in [1.54, 1.807) is 0 Å². The zero-order valence-electron chi connectivity index (χ0n) is 13.6. The molecule has 0 spiro atoms. The highest BCUT2D eigenvalue weighted by Gasteiger charge is 2.19. The summed E-state index contributed by atoms with van der Waals surface area (Å²) in [4.78, 5) is 9.50. The van der Waals surface area contributed by atoms with E-state index < -0.39 is 0 Å². The Morgan fingerprint density at radius 2 is 1.76 bits per heavy atom. The lowest BCUT2D eigenvalue weighted by Gasteiger charge is -2.33. The van der Waals surface area contributed by atoms with Crippen molar-refractivity contribution in [3.8, 4) is 0 Å². The van der Waals surface area contributed by atoms with Crippen LogP contribution >= 0.6 is 0 Å². The molecule has 0 N–H and O–H groups in total. The Bertz CT molecular complexity index is 634. The molecule has 21 heavy (non-hydrogen) atoms. The fraction of sp³-hybridized carbons (Fsp3) is 0.500. The maximum atomic E-state index is 4.74. The maximum absolute atomic E-state index is 4.74. The summed E-state index contributed by atoms with van der Waals surface area (Å²) in [6.45, 7) is 11.1. The van der Waals surface area contributed by atoms with E-state index in [2.05, 4.69) is 68.1 Å². The summed E-state index contributed by atoms with van der Waals surface area (Å²) in [5, 5.41) is 2.58. The fourth-order valence-corrected chi connectivity index (χ4v) is 3.02. The maximum Gasteiger partial charge on any atom is 0.129 e. The number of nitrogens with zero attached hydrogens (tertiary/aromatic N) is 3. The molecule has 0 aliphatic carbocycles. The third-order valence-corrected chi connectivity index (χ3v) is 4.39. The molecular formula is C18H25N3. The normalized spacial score (nSPS) is 17.4. The number of pyridine rings is 1. The molecular weight excluding hydrogens is 258 g/mol. The second kappa shape index (κ2) is 5.30. The minimum Gasteiger partial charge on any atom is -0.354 e. The number of aromatic nitrogens is 1. The molecule has 0 atom stereocenters. The topological polar surface area (TPSA) is 19.4 Å². The van der Waals surface area contributed by atoms with Gasteiger partial charge in [0, 0.05) is 37.8 Å². The van der Waals surface area contributed by atoms with Crippen LogP contribution in [0.5, 0.6) is 0 Å². The summed E-state index contributed by atoms with van der Waals surface area (Å²) in [6.07, 6.45) is 2.06. The van der Waals surface area contributed by atoms with Crippen LogP contribution in [0.3, 0.4) is 0 Å². The average Bonchev–Trinajstić information content (AvgIpc) is 2.46. The van der Waals surface area contributed by atoms with Gasteiger partial charge in [-0.05, 0) is 29.5 Å². The van der Waals surface area contributed by atoms with Crippen molar-refractivity contribution < 1.29 is 0 Å². The molecule has 1 aromatic heterocycles. The zero-order valence-corrected chi connectivity index (χ0v) is 13.6. The van der Waals surface area contributed by atoms with E-state index in [-0.39, 0.29) is 5.41 Å². The minimum atomic E-state index is 0.149. The van der Waals surface area contributed by atoms with E-state index in [4.69, 9.17) is 4.98 Å². The molecule has 112 valence electrons. The molecule has 2 aromatic rings. The highest BCUT2D eigenvalue weighted by atomic mass is 15.3. The summed E-state index contributed by atoms with van der Waals surface area (Å²) in [7, 11) is 2.18. The quantitative estimate of drug-likeness (QED) is 0.800. The van der Waals surface area contributed by atoms with Gasteiger partial charge in [-0.25, -0.2) is 4.98 Å². The van der Waals surface area contributed by atoms with E-state index in [0.29, 0.717) is 0 Å². The van der Waals surface area contributed by atoms with Gasteiger partial charge >= 0.3 is 0 Å². The number of fused-ring (bicyclic) bond motifs is 1. The van der Waals surface area contributed by atoms with Gasteiger partial charge in [0.1, 0.15) is 5.82 Å². The van der Waals surface area contributed by atoms with Gasteiger partial charge in [0.2, 0.25) is 0 Å². The third kappa shape index (κ3) is 2.88. The molecule has 1 aromatic carbocycles. The Balaban J connectivity index is 1.98. The fourth-order valence-electron chi connectivity index (χ4n) is 3.02. The molecule has 0 saturated carbocycles. The van der Waals surface area contributed by atoms with Crippen molar-refractivity contribution >= 4 is 16.6 Å². The van der Waals surface area contributed by atoms with Gasteiger partial charge in [-0.15, -0.1) is 0 Å². The Morgan fingerprint density at radius 3 is 2.43 bits per heavy atom. The van der Waals surface area contributed by atoms with Gasteiger partial charge in [-0.1, -0.05) is 39.0 Å². The van der Waals surface area contributed by atoms with Gasteiger partial charge < -0.3 is 9.80 Å². The molecule has 0 bridgehead atoms. The molecule has 0 amide bonds. The third-order valence-electron chi connectivity index (χ3n) is 4.39. The number of anilines is 1. The van der Waals surface area contributed by atoms with Crippen LogP contribution in [0.4, 0.5) is 5.82 Å². The highest BCUT2D eigenvalue weighted by Crippen LogP contribution is 2.31. The zero-order chi connectivity index (χ0) is 15.0. The van der Waals surface area contributed by atoms with Crippen LogP contribution in [0.15, 0.2) is 30.5 Å². The van der Waals surface area contributed by atoms with Gasteiger partial charge in [0.05, 0.1) is 0 Å². The van der Waals surface area contributed by atoms with Crippen molar-refractivity contribution in [3.63, 3.8) is 0 Å². The lowest BCUT2D eigenvalue weighted by atomic mass is 9.84. The Kier molecular flexibility index (Phi) is 3.62. The first-order chi connectivity index (χ1) is 9.95. The Hall–Kier alpha value is -1.61. The first kappa shape index (κ1) is 14.3. The van der Waals surface area contributed by atoms with Gasteiger partial charge in [-0.2, -0.15) is 0 Å². The number of hydrogen-bond acceptors (Lipinski definition) is 3. The van der Waals surface area contributed by atoms with Crippen LogP contribution in [-0.2, 0) is 5.41 Å². The molecule has 1 aliphatic rings. The Morgan fingerprint density at radius 1 is 1.05 bits per heavy atom. The SMILES string of the molecule is CN1CCN(c2cc3cccc(C(C)(C)C)c3cn2)CC1. The van der Waals surface area contributed by atoms with Crippen LogP contribution in [0.25, 0.3) is 10.8 Å². The molecule has 0 unspecified atom stereocenters. The number of rotatable bonds is 1. The Labute approximate surface area is 127 Å². The first-order valence-electron chi connectivity index (χ1n) is 7.78. The second-order valence-electron chi connectivity index (χ2n) is 7.11. The van der Waals surface area contributed by atoms with Crippen molar-refractivity contribution in [2.24, 2.45) is 0 Å². The predicted molar refractivity (Wildman–Crippen MR) is 90.2 cm³/mol. The molecule has 1 saturated heterocycles. The lowest BCUT2D eigenvalue weighted by Crippen LogP contribution is -2.44. The molecule has 3 rings (SSSR count). The van der Waals surface area contributed by atoms with E-state index in [0.717, 1.165) is 32.0 Å². The van der Waals surface area contributed by atoms with Crippen LogP contribution in [0, 0.1) is 0 Å². The van der Waals surface area contributed by atoms with Crippen LogP contribution in [-0.4, -0.2) is 43.1 Å². The molecule has 2 heterocycles. The van der Waals surface area contributed by atoms with Crippen molar-refractivity contribution in [1.29, 1.82) is 0 Å². The van der Waals surface area contributed by atoms with Crippen LogP contribution in [0.1, 0.15) is 26.3 Å². The van der Waals surface area contributed by atoms with Crippen LogP contribution < -0.4 is 4.90 Å². The number of piperazine rings is 1. The average molecular weight is 283 g/mol. The van der Waals surface area contributed by atoms with Gasteiger partial charge in [0.15, 0.2) is 0 Å². The van der Waals surface area contributed by atoms with Gasteiger partial charge in [0.25, 0.3) is 0 Å². The standard InChI is InChI=1S/C18H25N3/c1-18(2,3)16-7-5-6-14-12-17(19-13-15(14)16)21-10-8-20(4)9-11-21/h5-7,12-13H,8-11H2,1-4H3. The minimum absolute atomic E-state index is 0.149. The van der Waals surface area contributed by atoms with E-state index in [1.807, 2.05) is 0 Å². The van der Waals surface area contributed by atoms with Gasteiger partial charge in [-0.3, -0.25) is 0 Å². The monoisotopic (exact) mass is 283 g/mol. The van der Waals surface area contributed by atoms with Crippen molar-refractivity contribution in [2.75, 3.05) is 38.1 Å². The smallest absolute Gasteiger partial charge is 0.129 e. The molecule has 3 nitrogen and oxygen atoms in total. The van der Waals surface area contributed by atoms with E-state index in [9.17, 15) is 0 Å². The van der Waals surface area contributed by atoms with E-state index in [1.165, 1.54) is 16.3 Å². The molecule has 3 heteroatoms. The van der Waals surface area contributed by atoms with Crippen molar-refractivity contribution in [1.82, 2.24) is 9.88 Å². The highest BCUT2D eigenvalue weighted by molar-refractivity contribution is 5.87. The summed E-state index contributed by atoms with van der Waals surface area (Å²) in [5.74, 6) is 1.11. The summed E-state index contributed by atoms with van der Waals surface area (Å²) in [6, 6.07) is 8.83. The molecule has 1 aliphatic heterocycles. The summed E-state index contributed by atoms with van der Waals surface area (Å²) >= 11 is 0. The number of benzene rings is 1. The number of likely N-dealkylation sites (N-methyl/N-ethyl adjacent to an activating group) is 1. The van der Waals surface area contributed by atoms with Crippen molar-refractivity contribution in [3.05, 3.63) is 36.0 Å². The largest absolute Gasteiger partial charge is 0.354 e. The summed E-state index contributed by atoms with van der Waals surface area (Å²) in [5.41, 5.74) is 1.52. The van der Waals surface area contributed by atoms with E-state index >= 15 is 0 Å². The van der Waals surface area contributed by atoms with Crippen molar-refractivity contribution in [2.45, 2.75) is 26.2 Å². The molecule has 0 radical (unpaired) electrons.